The largest absolute Gasteiger partial charge is 0.328 e. The fraction of sp³-hybridized carbons (Fsp3) is 0.900. The smallest absolute Gasteiger partial charge is 0.254 e. The molecule has 0 heterocycles. The Morgan fingerprint density at radius 3 is 2.04 bits per heavy atom. The van der Waals surface area contributed by atoms with Crippen LogP contribution in [0.3, 0.4) is 0 Å². The Morgan fingerprint density at radius 2 is 1.61 bits per heavy atom. The lowest BCUT2D eigenvalue weighted by Crippen LogP contribution is -2.41. The number of fused-ring (bicyclic) bond motifs is 1. The highest BCUT2D eigenvalue weighted by atomic mass is 31.2. The minimum atomic E-state index is -0.402. The molecule has 0 spiro atoms. The van der Waals surface area contributed by atoms with Crippen LogP contribution >= 0.6 is 15.1 Å². The van der Waals surface area contributed by atoms with Crippen LogP contribution in [0.2, 0.25) is 0 Å². The van der Waals surface area contributed by atoms with Crippen LogP contribution in [-0.2, 0) is 4.74 Å². The van der Waals surface area contributed by atoms with Crippen molar-refractivity contribution in [2.45, 2.75) is 73.3 Å². The van der Waals surface area contributed by atoms with Gasteiger partial charge in [0, 0.05) is 19.3 Å². The number of rotatable bonds is 6. The quantitative estimate of drug-likeness (QED) is 0.511. The van der Waals surface area contributed by atoms with Gasteiger partial charge >= 0.3 is 0 Å². The fourth-order valence-corrected chi connectivity index (χ4v) is 9.64. The van der Waals surface area contributed by atoms with Crippen LogP contribution in [-0.4, -0.2) is 35.6 Å². The molecular formula is C20H38OP2+2. The second-order valence-electron chi connectivity index (χ2n) is 9.54. The van der Waals surface area contributed by atoms with E-state index in [1.54, 1.807) is 0 Å². The van der Waals surface area contributed by atoms with Crippen molar-refractivity contribution in [2.24, 2.45) is 28.6 Å². The third-order valence-electron chi connectivity index (χ3n) is 7.59. The van der Waals surface area contributed by atoms with Gasteiger partial charge in [-0.2, -0.15) is 0 Å². The molecule has 6 unspecified atom stereocenters. The second-order valence-corrected chi connectivity index (χ2v) is 14.8. The van der Waals surface area contributed by atoms with Crippen molar-refractivity contribution in [3.05, 3.63) is 0 Å². The predicted molar refractivity (Wildman–Crippen MR) is 111 cm³/mol. The van der Waals surface area contributed by atoms with Crippen molar-refractivity contribution in [3.8, 4) is 0 Å². The lowest BCUT2D eigenvalue weighted by Gasteiger charge is -2.40. The van der Waals surface area contributed by atoms with Crippen molar-refractivity contribution in [2.75, 3.05) is 12.1 Å². The van der Waals surface area contributed by atoms with Gasteiger partial charge in [-0.25, -0.2) is 0 Å². The summed E-state index contributed by atoms with van der Waals surface area (Å²) in [6.45, 7) is 21.4. The maximum absolute atomic E-state index is 7.05. The van der Waals surface area contributed by atoms with E-state index in [0.29, 0.717) is 23.2 Å². The second kappa shape index (κ2) is 5.65. The summed E-state index contributed by atoms with van der Waals surface area (Å²) in [5.74, 6) is 3.14. The highest BCUT2D eigenvalue weighted by Gasteiger charge is 2.84. The first-order chi connectivity index (χ1) is 10.3. The summed E-state index contributed by atoms with van der Waals surface area (Å²) in [6, 6.07) is 0. The Bertz CT molecular complexity index is 528. The molecule has 3 heteroatoms. The lowest BCUT2D eigenvalue weighted by molar-refractivity contribution is -0.0981. The number of hydrogen-bond donors (Lipinski definition) is 0. The van der Waals surface area contributed by atoms with Crippen molar-refractivity contribution in [1.82, 2.24) is 0 Å². The van der Waals surface area contributed by atoms with E-state index < -0.39 is 7.55 Å². The molecule has 2 aliphatic rings. The van der Waals surface area contributed by atoms with E-state index in [1.165, 1.54) is 12.1 Å². The standard InChI is InChI=1S/C20H38OP2/c1-12-22(10)13-23(11)19(8,9)21-20-15(3)17(4,5)14(2)16(20)18(20,6)7/h14-16H,10-13H2,1-9H3/q+2. The van der Waals surface area contributed by atoms with E-state index in [4.69, 9.17) is 4.74 Å². The molecule has 2 aliphatic carbocycles. The normalized spacial score (nSPS) is 38.9. The topological polar surface area (TPSA) is 9.23 Å². The van der Waals surface area contributed by atoms with Gasteiger partial charge in [0.15, 0.2) is 7.55 Å². The van der Waals surface area contributed by atoms with E-state index in [9.17, 15) is 0 Å². The van der Waals surface area contributed by atoms with Crippen molar-refractivity contribution in [3.63, 3.8) is 0 Å². The highest BCUT2D eigenvalue weighted by molar-refractivity contribution is 7.73. The van der Waals surface area contributed by atoms with Gasteiger partial charge in [-0.3, -0.25) is 0 Å². The minimum Gasteiger partial charge on any atom is -0.328 e. The first-order valence-electron chi connectivity index (χ1n) is 9.10. The lowest BCUT2D eigenvalue weighted by atomic mass is 9.68. The zero-order valence-corrected chi connectivity index (χ0v) is 18.7. The van der Waals surface area contributed by atoms with Crippen LogP contribution in [0.5, 0.6) is 0 Å². The number of hydrogen-bond acceptors (Lipinski definition) is 1. The molecule has 0 aliphatic heterocycles. The molecule has 0 aromatic heterocycles. The molecule has 23 heavy (non-hydrogen) atoms. The summed E-state index contributed by atoms with van der Waals surface area (Å²) in [6.07, 6.45) is 10.1. The molecule has 0 radical (unpaired) electrons. The van der Waals surface area contributed by atoms with Crippen LogP contribution in [0.4, 0.5) is 0 Å². The van der Waals surface area contributed by atoms with E-state index >= 15 is 0 Å². The maximum atomic E-state index is 7.05. The Hall–Kier alpha value is 0.300. The van der Waals surface area contributed by atoms with Gasteiger partial charge in [-0.05, 0) is 30.1 Å². The predicted octanol–water partition coefficient (Wildman–Crippen LogP) is 6.25. The summed E-state index contributed by atoms with van der Waals surface area (Å²) < 4.78 is 7.05. The van der Waals surface area contributed by atoms with Gasteiger partial charge < -0.3 is 4.74 Å². The van der Waals surface area contributed by atoms with Crippen LogP contribution < -0.4 is 0 Å². The molecule has 2 saturated carbocycles. The number of ether oxygens (including phenoxy) is 1. The van der Waals surface area contributed by atoms with Gasteiger partial charge in [0.2, 0.25) is 5.34 Å². The van der Waals surface area contributed by atoms with E-state index in [0.717, 1.165) is 0 Å². The Balaban J connectivity index is 2.28. The van der Waals surface area contributed by atoms with Crippen LogP contribution in [0.15, 0.2) is 0 Å². The van der Waals surface area contributed by atoms with E-state index in [1.807, 2.05) is 0 Å². The van der Waals surface area contributed by atoms with Crippen molar-refractivity contribution < 1.29 is 4.74 Å². The van der Waals surface area contributed by atoms with Gasteiger partial charge in [0.1, 0.15) is 13.7 Å². The zero-order chi connectivity index (χ0) is 18.0. The van der Waals surface area contributed by atoms with Crippen molar-refractivity contribution >= 4 is 27.7 Å². The molecule has 0 aromatic carbocycles. The first kappa shape index (κ1) is 19.6. The van der Waals surface area contributed by atoms with Crippen LogP contribution in [0.25, 0.3) is 0 Å². The van der Waals surface area contributed by atoms with Gasteiger partial charge in [-0.15, -0.1) is 0 Å². The molecule has 0 saturated heterocycles. The van der Waals surface area contributed by atoms with Gasteiger partial charge in [-0.1, -0.05) is 41.5 Å². The molecule has 6 atom stereocenters. The third-order valence-corrected chi connectivity index (χ3v) is 13.1. The molecule has 2 fully saturated rings. The molecule has 2 rings (SSSR count). The summed E-state index contributed by atoms with van der Waals surface area (Å²) in [4.78, 5) is 0. The van der Waals surface area contributed by atoms with Crippen LogP contribution in [0, 0.1) is 28.6 Å². The Labute approximate surface area is 146 Å². The summed E-state index contributed by atoms with van der Waals surface area (Å²) in [5, 5.41) is -0.122. The minimum absolute atomic E-state index is 0.0355. The molecule has 0 N–H and O–H groups in total. The molecule has 0 aromatic rings. The summed E-state index contributed by atoms with van der Waals surface area (Å²) in [7, 11) is -0.531. The highest BCUT2D eigenvalue weighted by Crippen LogP contribution is 2.81. The summed E-state index contributed by atoms with van der Waals surface area (Å²) >= 11 is 0. The molecule has 0 bridgehead atoms. The van der Waals surface area contributed by atoms with Crippen molar-refractivity contribution in [1.29, 1.82) is 0 Å². The summed E-state index contributed by atoms with van der Waals surface area (Å²) in [5.41, 5.74) is 0.672. The maximum Gasteiger partial charge on any atom is 0.254 e. The fourth-order valence-electron chi connectivity index (χ4n) is 5.27. The van der Waals surface area contributed by atoms with E-state index in [-0.39, 0.29) is 23.9 Å². The first-order valence-corrected chi connectivity index (χ1v) is 12.7. The monoisotopic (exact) mass is 356 g/mol. The van der Waals surface area contributed by atoms with Gasteiger partial charge in [0.25, 0.3) is 5.90 Å². The Kier molecular flexibility index (Phi) is 4.82. The molecule has 0 amide bonds. The average molecular weight is 356 g/mol. The third kappa shape index (κ3) is 2.61. The molecule has 1 nitrogen and oxygen atoms in total. The Morgan fingerprint density at radius 1 is 1.09 bits per heavy atom. The molecule has 132 valence electrons. The SMILES string of the molecule is C=[P+](CC)C[P+](=C)C(C)(C)OC12C(C)C(C)(C)C(C)C1C2(C)C. The molecular weight excluding hydrogens is 318 g/mol. The average Bonchev–Trinajstić information content (AvgIpc) is 2.85. The van der Waals surface area contributed by atoms with E-state index in [2.05, 4.69) is 74.9 Å². The van der Waals surface area contributed by atoms with Gasteiger partial charge in [0.05, 0.1) is 18.2 Å². The van der Waals surface area contributed by atoms with Crippen LogP contribution in [0.1, 0.15) is 62.3 Å². The zero-order valence-electron chi connectivity index (χ0n) is 16.9.